The molecule has 0 aromatic carbocycles. The fraction of sp³-hybridized carbons (Fsp3) is 0.0909. The van der Waals surface area contributed by atoms with E-state index in [1.807, 2.05) is 13.0 Å². The van der Waals surface area contributed by atoms with Crippen LogP contribution in [0.25, 0.3) is 5.65 Å². The van der Waals surface area contributed by atoms with Crippen LogP contribution in [0, 0.1) is 6.92 Å². The van der Waals surface area contributed by atoms with Crippen molar-refractivity contribution in [3.63, 3.8) is 0 Å². The summed E-state index contributed by atoms with van der Waals surface area (Å²) < 4.78 is 1.41. The second-order valence-electron chi connectivity index (χ2n) is 3.74. The predicted octanol–water partition coefficient (Wildman–Crippen LogP) is 0.823. The van der Waals surface area contributed by atoms with E-state index in [4.69, 9.17) is 17.3 Å². The van der Waals surface area contributed by atoms with Gasteiger partial charge in [0.2, 0.25) is 0 Å². The van der Waals surface area contributed by atoms with Gasteiger partial charge in [-0.3, -0.25) is 14.6 Å². The summed E-state index contributed by atoms with van der Waals surface area (Å²) in [6.07, 6.45) is 2.86. The lowest BCUT2D eigenvalue weighted by Crippen LogP contribution is -2.25. The summed E-state index contributed by atoms with van der Waals surface area (Å²) in [6, 6.07) is 3.60. The molecule has 0 atom stereocenters. The topological polar surface area (TPSA) is 84.8 Å². The van der Waals surface area contributed by atoms with Crippen molar-refractivity contribution in [1.29, 1.82) is 0 Å². The van der Waals surface area contributed by atoms with Crippen LogP contribution in [0.1, 0.15) is 11.1 Å². The van der Waals surface area contributed by atoms with Crippen LogP contribution in [0.3, 0.4) is 0 Å². The maximum atomic E-state index is 12.2. The van der Waals surface area contributed by atoms with Crippen molar-refractivity contribution < 1.29 is 0 Å². The summed E-state index contributed by atoms with van der Waals surface area (Å²) in [4.78, 5) is 16.4. The number of rotatable bonds is 2. The van der Waals surface area contributed by atoms with Gasteiger partial charge in [0.05, 0.1) is 11.8 Å². The minimum Gasteiger partial charge on any atom is -0.375 e. The molecule has 0 aliphatic rings. The Balaban J connectivity index is 2.60. The van der Waals surface area contributed by atoms with Crippen molar-refractivity contribution in [3.05, 3.63) is 45.0 Å². The van der Waals surface area contributed by atoms with Crippen molar-refractivity contribution in [1.82, 2.24) is 14.8 Å². The number of nitrogens with zero attached hydrogens (tertiary/aromatic N) is 3. The van der Waals surface area contributed by atoms with Crippen molar-refractivity contribution in [2.24, 2.45) is 10.8 Å². The zero-order valence-corrected chi connectivity index (χ0v) is 11.5. The van der Waals surface area contributed by atoms with Gasteiger partial charge < -0.3 is 5.73 Å². The number of thiocarbonyl (C=S) groups is 1. The van der Waals surface area contributed by atoms with Gasteiger partial charge in [-0.05, 0) is 30.8 Å². The summed E-state index contributed by atoms with van der Waals surface area (Å²) in [5, 5.41) is 3.79. The molecule has 2 aromatic rings. The number of nitrogens with two attached hydrogens (primary N) is 1. The van der Waals surface area contributed by atoms with Crippen molar-refractivity contribution in [2.45, 2.75) is 6.92 Å². The van der Waals surface area contributed by atoms with Gasteiger partial charge in [-0.15, -0.1) is 0 Å². The number of hydrazone groups is 1. The summed E-state index contributed by atoms with van der Waals surface area (Å²) in [5.74, 6) is 0. The van der Waals surface area contributed by atoms with E-state index in [2.05, 4.69) is 27.7 Å². The van der Waals surface area contributed by atoms with Crippen molar-refractivity contribution in [2.75, 3.05) is 0 Å². The van der Waals surface area contributed by atoms with Crippen LogP contribution >= 0.6 is 23.8 Å². The highest BCUT2D eigenvalue weighted by Crippen LogP contribution is 2.11. The molecule has 0 unspecified atom stereocenters. The zero-order valence-electron chi connectivity index (χ0n) is 9.92. The van der Waals surface area contributed by atoms with Crippen molar-refractivity contribution >= 4 is 40.8 Å². The van der Waals surface area contributed by atoms with E-state index in [9.17, 15) is 4.79 Å². The molecule has 2 rings (SSSR count). The molecule has 2 heterocycles. The van der Waals surface area contributed by atoms with E-state index in [0.717, 1.165) is 5.56 Å². The first-order valence-corrected chi connectivity index (χ1v) is 6.05. The second kappa shape index (κ2) is 5.33. The minimum atomic E-state index is -0.313. The lowest BCUT2D eigenvalue weighted by atomic mass is 10.3. The van der Waals surface area contributed by atoms with Gasteiger partial charge in [0.1, 0.15) is 10.8 Å². The molecular formula is C11H10ClN5OS. The molecule has 8 heteroatoms. The zero-order chi connectivity index (χ0) is 14.0. The first kappa shape index (κ1) is 13.4. The third kappa shape index (κ3) is 2.72. The van der Waals surface area contributed by atoms with Crippen LogP contribution in [0.5, 0.6) is 0 Å². The van der Waals surface area contributed by atoms with Gasteiger partial charge in [-0.2, -0.15) is 5.10 Å². The molecule has 0 radical (unpaired) electrons. The van der Waals surface area contributed by atoms with E-state index < -0.39 is 0 Å². The number of pyridine rings is 1. The Morgan fingerprint density at radius 1 is 1.68 bits per heavy atom. The van der Waals surface area contributed by atoms with Crippen LogP contribution in [-0.4, -0.2) is 20.7 Å². The SMILES string of the molecule is Cc1cccn2c(=O)c(C=NNC(N)=S)c(Cl)nc12. The fourth-order valence-corrected chi connectivity index (χ4v) is 1.82. The summed E-state index contributed by atoms with van der Waals surface area (Å²) in [5.41, 5.74) is 8.78. The summed E-state index contributed by atoms with van der Waals surface area (Å²) >= 11 is 10.6. The van der Waals surface area contributed by atoms with E-state index in [-0.39, 0.29) is 21.4 Å². The number of aryl methyl sites for hydroxylation is 1. The van der Waals surface area contributed by atoms with Gasteiger partial charge in [0.25, 0.3) is 5.56 Å². The highest BCUT2D eigenvalue weighted by molar-refractivity contribution is 7.80. The minimum absolute atomic E-state index is 0.00272. The van der Waals surface area contributed by atoms with Crippen LogP contribution in [-0.2, 0) is 0 Å². The Morgan fingerprint density at radius 3 is 3.11 bits per heavy atom. The number of halogens is 1. The largest absolute Gasteiger partial charge is 0.375 e. The highest BCUT2D eigenvalue weighted by atomic mass is 35.5. The first-order valence-electron chi connectivity index (χ1n) is 5.26. The molecule has 98 valence electrons. The molecule has 2 aromatic heterocycles. The number of aromatic nitrogens is 2. The summed E-state index contributed by atoms with van der Waals surface area (Å²) in [6.45, 7) is 1.85. The number of fused-ring (bicyclic) bond motifs is 1. The molecule has 19 heavy (non-hydrogen) atoms. The molecule has 0 saturated carbocycles. The van der Waals surface area contributed by atoms with Crippen LogP contribution in [0.15, 0.2) is 28.2 Å². The summed E-state index contributed by atoms with van der Waals surface area (Å²) in [7, 11) is 0. The quantitative estimate of drug-likeness (QED) is 0.371. The average molecular weight is 296 g/mol. The lowest BCUT2D eigenvalue weighted by Gasteiger charge is -2.05. The first-order chi connectivity index (χ1) is 9.00. The molecule has 6 nitrogen and oxygen atoms in total. The Bertz CT molecular complexity index is 740. The Kier molecular flexibility index (Phi) is 3.77. The predicted molar refractivity (Wildman–Crippen MR) is 78.7 cm³/mol. The Labute approximate surface area is 118 Å². The van der Waals surface area contributed by atoms with E-state index >= 15 is 0 Å². The number of nitrogens with one attached hydrogen (secondary N) is 1. The number of hydrogen-bond donors (Lipinski definition) is 2. The molecule has 3 N–H and O–H groups in total. The molecule has 0 bridgehead atoms. The van der Waals surface area contributed by atoms with Gasteiger partial charge in [0.15, 0.2) is 5.11 Å². The molecule has 0 aliphatic carbocycles. The highest BCUT2D eigenvalue weighted by Gasteiger charge is 2.10. The van der Waals surface area contributed by atoms with Gasteiger partial charge >= 0.3 is 0 Å². The molecule has 0 amide bonds. The monoisotopic (exact) mass is 295 g/mol. The maximum Gasteiger partial charge on any atom is 0.268 e. The molecule has 0 fully saturated rings. The fourth-order valence-electron chi connectivity index (χ4n) is 1.55. The molecular weight excluding hydrogens is 286 g/mol. The van der Waals surface area contributed by atoms with Crippen LogP contribution < -0.4 is 16.7 Å². The average Bonchev–Trinajstić information content (AvgIpc) is 2.34. The molecule has 0 spiro atoms. The van der Waals surface area contributed by atoms with Gasteiger partial charge in [-0.1, -0.05) is 17.7 Å². The Morgan fingerprint density at radius 2 is 2.42 bits per heavy atom. The number of hydrogen-bond acceptors (Lipinski definition) is 4. The molecule has 0 aliphatic heterocycles. The van der Waals surface area contributed by atoms with E-state index in [1.54, 1.807) is 12.3 Å². The van der Waals surface area contributed by atoms with Gasteiger partial charge in [-0.25, -0.2) is 4.98 Å². The van der Waals surface area contributed by atoms with Crippen LogP contribution in [0.2, 0.25) is 5.15 Å². The van der Waals surface area contributed by atoms with E-state index in [0.29, 0.717) is 5.65 Å². The molecule has 0 saturated heterocycles. The standard InChI is InChI=1S/C11H10ClN5OS/c1-6-3-2-4-17-9(6)15-8(12)7(10(17)18)5-14-16-11(13)19/h2-5H,1H3,(H3,13,16,19). The lowest BCUT2D eigenvalue weighted by molar-refractivity contribution is 1.01. The van der Waals surface area contributed by atoms with Gasteiger partial charge in [0, 0.05) is 6.20 Å². The normalized spacial score (nSPS) is 11.1. The smallest absolute Gasteiger partial charge is 0.268 e. The second-order valence-corrected chi connectivity index (χ2v) is 4.54. The maximum absolute atomic E-state index is 12.2. The third-order valence-corrected chi connectivity index (χ3v) is 2.79. The third-order valence-electron chi connectivity index (χ3n) is 2.41. The van der Waals surface area contributed by atoms with Crippen molar-refractivity contribution in [3.8, 4) is 0 Å². The van der Waals surface area contributed by atoms with E-state index in [1.165, 1.54) is 10.6 Å². The Hall–Kier alpha value is -1.99. The van der Waals surface area contributed by atoms with Crippen LogP contribution in [0.4, 0.5) is 0 Å².